The van der Waals surface area contributed by atoms with Crippen LogP contribution in [0.1, 0.15) is 16.8 Å². The quantitative estimate of drug-likeness (QED) is 0.564. The third kappa shape index (κ3) is 3.43. The molecule has 1 aromatic carbocycles. The maximum absolute atomic E-state index is 10.8. The van der Waals surface area contributed by atoms with Crippen LogP contribution in [0, 0.1) is 0 Å². The van der Waals surface area contributed by atoms with Crippen molar-refractivity contribution in [2.24, 2.45) is 0 Å². The zero-order valence-corrected chi connectivity index (χ0v) is 9.10. The molecule has 0 saturated heterocycles. The number of hydrogen-bond acceptors (Lipinski definition) is 4. The van der Waals surface area contributed by atoms with Gasteiger partial charge in [-0.2, -0.15) is 0 Å². The lowest BCUT2D eigenvalue weighted by atomic mass is 10.2. The molecular formula is C11H15NO4. The number of carbonyl (C=O) groups is 1. The minimum atomic E-state index is -1.06. The molecule has 0 aliphatic rings. The van der Waals surface area contributed by atoms with Gasteiger partial charge >= 0.3 is 5.97 Å². The number of aromatic carboxylic acids is 1. The van der Waals surface area contributed by atoms with Crippen molar-refractivity contribution in [2.75, 3.05) is 26.1 Å². The average Bonchev–Trinajstić information content (AvgIpc) is 2.26. The van der Waals surface area contributed by atoms with Crippen LogP contribution in [0.25, 0.3) is 0 Å². The highest BCUT2D eigenvalue weighted by atomic mass is 16.5. The van der Waals surface area contributed by atoms with Gasteiger partial charge in [0.05, 0.1) is 12.2 Å². The highest BCUT2D eigenvalue weighted by Crippen LogP contribution is 2.19. The maximum Gasteiger partial charge on any atom is 0.337 e. The molecule has 0 spiro atoms. The van der Waals surface area contributed by atoms with E-state index < -0.39 is 5.97 Å². The van der Waals surface area contributed by atoms with E-state index in [1.54, 1.807) is 13.2 Å². The molecule has 0 fully saturated rings. The fourth-order valence-electron chi connectivity index (χ4n) is 1.20. The largest absolute Gasteiger partial charge is 0.493 e. The number of nitrogen functional groups attached to an aromatic ring is 1. The number of ether oxygens (including phenoxy) is 2. The summed E-state index contributed by atoms with van der Waals surface area (Å²) in [4.78, 5) is 10.8. The van der Waals surface area contributed by atoms with Crippen LogP contribution in [-0.2, 0) is 4.74 Å². The van der Waals surface area contributed by atoms with Crippen LogP contribution >= 0.6 is 0 Å². The fourth-order valence-corrected chi connectivity index (χ4v) is 1.20. The molecule has 0 aliphatic heterocycles. The monoisotopic (exact) mass is 225 g/mol. The minimum Gasteiger partial charge on any atom is -0.493 e. The first-order chi connectivity index (χ1) is 7.65. The van der Waals surface area contributed by atoms with Crippen LogP contribution in [0.4, 0.5) is 5.69 Å². The van der Waals surface area contributed by atoms with E-state index >= 15 is 0 Å². The third-order valence-corrected chi connectivity index (χ3v) is 2.02. The van der Waals surface area contributed by atoms with Crippen LogP contribution < -0.4 is 10.5 Å². The number of rotatable bonds is 6. The van der Waals surface area contributed by atoms with Crippen LogP contribution in [-0.4, -0.2) is 31.4 Å². The summed E-state index contributed by atoms with van der Waals surface area (Å²) in [5, 5.41) is 8.84. The van der Waals surface area contributed by atoms with Crippen LogP contribution in [0.5, 0.6) is 5.75 Å². The predicted molar refractivity (Wildman–Crippen MR) is 59.8 cm³/mol. The summed E-state index contributed by atoms with van der Waals surface area (Å²) in [6, 6.07) is 4.59. The molecule has 1 rings (SSSR count). The second kappa shape index (κ2) is 5.97. The molecule has 88 valence electrons. The maximum atomic E-state index is 10.8. The molecule has 5 heteroatoms. The topological polar surface area (TPSA) is 81.8 Å². The summed E-state index contributed by atoms with van der Waals surface area (Å²) in [7, 11) is 1.62. The van der Waals surface area contributed by atoms with Crippen LogP contribution in [0.2, 0.25) is 0 Å². The van der Waals surface area contributed by atoms with Crippen molar-refractivity contribution in [2.45, 2.75) is 6.42 Å². The number of carboxylic acid groups (broad SMARTS) is 1. The smallest absolute Gasteiger partial charge is 0.337 e. The van der Waals surface area contributed by atoms with E-state index in [1.165, 1.54) is 12.1 Å². The molecule has 0 bridgehead atoms. The van der Waals surface area contributed by atoms with Crippen LogP contribution in [0.3, 0.4) is 0 Å². The number of hydrogen-bond donors (Lipinski definition) is 2. The van der Waals surface area contributed by atoms with E-state index in [0.717, 1.165) is 6.42 Å². The van der Waals surface area contributed by atoms with Gasteiger partial charge < -0.3 is 20.3 Å². The number of carboxylic acids is 1. The Hall–Kier alpha value is -1.75. The Labute approximate surface area is 93.8 Å². The van der Waals surface area contributed by atoms with Crippen molar-refractivity contribution in [1.29, 1.82) is 0 Å². The van der Waals surface area contributed by atoms with Gasteiger partial charge in [0.1, 0.15) is 5.75 Å². The zero-order valence-electron chi connectivity index (χ0n) is 9.10. The second-order valence-corrected chi connectivity index (χ2v) is 3.25. The Balaban J connectivity index is 2.61. The first-order valence-corrected chi connectivity index (χ1v) is 4.89. The lowest BCUT2D eigenvalue weighted by Crippen LogP contribution is -2.05. The molecule has 1 aromatic rings. The Morgan fingerprint density at radius 2 is 2.19 bits per heavy atom. The first kappa shape index (κ1) is 12.3. The summed E-state index contributed by atoms with van der Waals surface area (Å²) < 4.78 is 10.2. The fraction of sp³-hybridized carbons (Fsp3) is 0.364. The molecule has 0 heterocycles. The van der Waals surface area contributed by atoms with Gasteiger partial charge in [0.2, 0.25) is 0 Å². The molecular weight excluding hydrogens is 210 g/mol. The van der Waals surface area contributed by atoms with E-state index in [9.17, 15) is 4.79 Å². The highest BCUT2D eigenvalue weighted by Gasteiger charge is 2.08. The second-order valence-electron chi connectivity index (χ2n) is 3.25. The molecule has 16 heavy (non-hydrogen) atoms. The van der Waals surface area contributed by atoms with Crippen molar-refractivity contribution in [3.8, 4) is 5.75 Å². The summed E-state index contributed by atoms with van der Waals surface area (Å²) in [5.41, 5.74) is 5.80. The van der Waals surface area contributed by atoms with Gasteiger partial charge in [-0.1, -0.05) is 0 Å². The Morgan fingerprint density at radius 1 is 1.44 bits per heavy atom. The van der Waals surface area contributed by atoms with Gasteiger partial charge in [-0.15, -0.1) is 0 Å². The van der Waals surface area contributed by atoms with E-state index in [2.05, 4.69) is 0 Å². The van der Waals surface area contributed by atoms with Crippen molar-refractivity contribution >= 4 is 11.7 Å². The third-order valence-electron chi connectivity index (χ3n) is 2.02. The Morgan fingerprint density at radius 3 is 2.81 bits per heavy atom. The standard InChI is InChI=1S/C11H15NO4/c1-15-5-2-6-16-8-3-4-10(12)9(7-8)11(13)14/h3-4,7H,2,5-6,12H2,1H3,(H,13,14). The van der Waals surface area contributed by atoms with Crippen molar-refractivity contribution < 1.29 is 19.4 Å². The van der Waals surface area contributed by atoms with Crippen LogP contribution in [0.15, 0.2) is 18.2 Å². The van der Waals surface area contributed by atoms with E-state index in [1.807, 2.05) is 0 Å². The highest BCUT2D eigenvalue weighted by molar-refractivity contribution is 5.94. The number of anilines is 1. The summed E-state index contributed by atoms with van der Waals surface area (Å²) in [6.07, 6.45) is 0.753. The average molecular weight is 225 g/mol. The normalized spacial score (nSPS) is 10.1. The summed E-state index contributed by atoms with van der Waals surface area (Å²) in [5.74, 6) is -0.553. The van der Waals surface area contributed by atoms with Gasteiger partial charge in [0.15, 0.2) is 0 Å². The molecule has 0 atom stereocenters. The lowest BCUT2D eigenvalue weighted by Gasteiger charge is -2.07. The van der Waals surface area contributed by atoms with Gasteiger partial charge in [0, 0.05) is 25.8 Å². The molecule has 0 unspecified atom stereocenters. The summed E-state index contributed by atoms with van der Waals surface area (Å²) in [6.45, 7) is 1.09. The van der Waals surface area contributed by atoms with Gasteiger partial charge in [-0.05, 0) is 18.2 Å². The zero-order chi connectivity index (χ0) is 12.0. The predicted octanol–water partition coefficient (Wildman–Crippen LogP) is 1.38. The summed E-state index contributed by atoms with van der Waals surface area (Å²) >= 11 is 0. The van der Waals surface area contributed by atoms with E-state index in [0.29, 0.717) is 19.0 Å². The van der Waals surface area contributed by atoms with Crippen molar-refractivity contribution in [1.82, 2.24) is 0 Å². The Kier molecular flexibility index (Phi) is 4.60. The number of methoxy groups -OCH3 is 1. The minimum absolute atomic E-state index is 0.0595. The molecule has 0 radical (unpaired) electrons. The molecule has 5 nitrogen and oxygen atoms in total. The van der Waals surface area contributed by atoms with Gasteiger partial charge in [-0.25, -0.2) is 4.79 Å². The molecule has 3 N–H and O–H groups in total. The number of nitrogens with two attached hydrogens (primary N) is 1. The number of benzene rings is 1. The Bertz CT molecular complexity index is 365. The van der Waals surface area contributed by atoms with Gasteiger partial charge in [0.25, 0.3) is 0 Å². The first-order valence-electron chi connectivity index (χ1n) is 4.89. The van der Waals surface area contributed by atoms with Crippen molar-refractivity contribution in [3.05, 3.63) is 23.8 Å². The molecule has 0 aliphatic carbocycles. The van der Waals surface area contributed by atoms with E-state index in [4.69, 9.17) is 20.3 Å². The van der Waals surface area contributed by atoms with E-state index in [-0.39, 0.29) is 11.3 Å². The SMILES string of the molecule is COCCCOc1ccc(N)c(C(=O)O)c1. The van der Waals surface area contributed by atoms with Gasteiger partial charge in [-0.3, -0.25) is 0 Å². The molecule has 0 aromatic heterocycles. The molecule has 0 saturated carbocycles. The lowest BCUT2D eigenvalue weighted by molar-refractivity contribution is 0.0697. The molecule has 0 amide bonds. The van der Waals surface area contributed by atoms with Crippen molar-refractivity contribution in [3.63, 3.8) is 0 Å².